The van der Waals surface area contributed by atoms with E-state index in [-0.39, 0.29) is 11.6 Å². The van der Waals surface area contributed by atoms with Crippen LogP contribution in [0.5, 0.6) is 0 Å². The lowest BCUT2D eigenvalue weighted by molar-refractivity contribution is 0.631. The smallest absolute Gasteiger partial charge is 0.131 e. The summed E-state index contributed by atoms with van der Waals surface area (Å²) in [5.74, 6) is -0.668. The predicted molar refractivity (Wildman–Crippen MR) is 100 cm³/mol. The summed E-state index contributed by atoms with van der Waals surface area (Å²) in [6.45, 7) is 0. The molecule has 0 aliphatic heterocycles. The Morgan fingerprint density at radius 2 is 1.12 bits per heavy atom. The average molecular weight is 343 g/mol. The van der Waals surface area contributed by atoms with Gasteiger partial charge in [-0.25, -0.2) is 8.78 Å². The van der Waals surface area contributed by atoms with E-state index < -0.39 is 0 Å². The second-order valence-corrected chi connectivity index (χ2v) is 5.95. The van der Waals surface area contributed by atoms with Crippen LogP contribution in [0, 0.1) is 11.6 Å². The molecule has 0 saturated heterocycles. The maximum Gasteiger partial charge on any atom is 0.131 e. The molecule has 0 radical (unpaired) electrons. The first-order valence-electron chi connectivity index (χ1n) is 8.29. The van der Waals surface area contributed by atoms with Gasteiger partial charge >= 0.3 is 0 Å². The van der Waals surface area contributed by atoms with Crippen molar-refractivity contribution >= 4 is 0 Å². The van der Waals surface area contributed by atoms with E-state index in [2.05, 4.69) is 4.98 Å². The SMILES string of the molecule is Fc1ccccc1-c1cnc(-c2ccccc2)c(-c2ccccc2F)c1. The zero-order valence-electron chi connectivity index (χ0n) is 13.9. The molecular formula is C23H15F2N. The van der Waals surface area contributed by atoms with Crippen molar-refractivity contribution in [2.24, 2.45) is 0 Å². The molecular weight excluding hydrogens is 328 g/mol. The van der Waals surface area contributed by atoms with Crippen LogP contribution in [0.4, 0.5) is 8.78 Å². The standard InChI is InChI=1S/C23H15F2N/c24-21-12-6-4-10-18(21)17-14-20(19-11-5-7-13-22(19)25)23(26-15-17)16-8-2-1-3-9-16/h1-15H. The van der Waals surface area contributed by atoms with Crippen LogP contribution in [0.15, 0.2) is 91.1 Å². The maximum absolute atomic E-state index is 14.5. The van der Waals surface area contributed by atoms with Gasteiger partial charge in [-0.2, -0.15) is 0 Å². The van der Waals surface area contributed by atoms with Gasteiger partial charge in [-0.05, 0) is 18.2 Å². The molecule has 0 aliphatic rings. The highest BCUT2D eigenvalue weighted by Gasteiger charge is 2.15. The summed E-state index contributed by atoms with van der Waals surface area (Å²) in [5.41, 5.74) is 3.67. The first-order valence-corrected chi connectivity index (χ1v) is 8.29. The Kier molecular flexibility index (Phi) is 4.28. The number of hydrogen-bond acceptors (Lipinski definition) is 1. The second-order valence-electron chi connectivity index (χ2n) is 5.95. The van der Waals surface area contributed by atoms with E-state index in [4.69, 9.17) is 0 Å². The minimum atomic E-state index is -0.336. The quantitative estimate of drug-likeness (QED) is 0.422. The van der Waals surface area contributed by atoms with Crippen LogP contribution in [-0.4, -0.2) is 4.98 Å². The third-order valence-electron chi connectivity index (χ3n) is 4.28. The van der Waals surface area contributed by atoms with Crippen molar-refractivity contribution < 1.29 is 8.78 Å². The molecule has 0 atom stereocenters. The third kappa shape index (κ3) is 3.00. The van der Waals surface area contributed by atoms with Crippen molar-refractivity contribution in [2.75, 3.05) is 0 Å². The summed E-state index contributed by atoms with van der Waals surface area (Å²) in [4.78, 5) is 4.55. The van der Waals surface area contributed by atoms with E-state index in [0.717, 1.165) is 5.56 Å². The van der Waals surface area contributed by atoms with Crippen molar-refractivity contribution in [3.05, 3.63) is 103 Å². The zero-order chi connectivity index (χ0) is 17.9. The van der Waals surface area contributed by atoms with Gasteiger partial charge in [0.25, 0.3) is 0 Å². The Morgan fingerprint density at radius 3 is 1.77 bits per heavy atom. The van der Waals surface area contributed by atoms with Crippen LogP contribution in [-0.2, 0) is 0 Å². The van der Waals surface area contributed by atoms with Crippen LogP contribution in [0.25, 0.3) is 33.5 Å². The van der Waals surface area contributed by atoms with Gasteiger partial charge in [-0.1, -0.05) is 66.7 Å². The van der Waals surface area contributed by atoms with Crippen LogP contribution in [0.2, 0.25) is 0 Å². The minimum absolute atomic E-state index is 0.332. The van der Waals surface area contributed by atoms with Gasteiger partial charge in [0.05, 0.1) is 5.69 Å². The first kappa shape index (κ1) is 16.2. The van der Waals surface area contributed by atoms with E-state index in [1.54, 1.807) is 48.7 Å². The van der Waals surface area contributed by atoms with Gasteiger partial charge in [-0.15, -0.1) is 0 Å². The number of aromatic nitrogens is 1. The molecule has 0 saturated carbocycles. The highest BCUT2D eigenvalue weighted by Crippen LogP contribution is 2.35. The fourth-order valence-electron chi connectivity index (χ4n) is 3.02. The lowest BCUT2D eigenvalue weighted by Crippen LogP contribution is -1.94. The van der Waals surface area contributed by atoms with Crippen molar-refractivity contribution in [1.29, 1.82) is 0 Å². The van der Waals surface area contributed by atoms with Crippen LogP contribution < -0.4 is 0 Å². The van der Waals surface area contributed by atoms with Crippen LogP contribution >= 0.6 is 0 Å². The summed E-state index contributed by atoms with van der Waals surface area (Å²) in [6.07, 6.45) is 1.63. The minimum Gasteiger partial charge on any atom is -0.255 e. The molecule has 0 fully saturated rings. The predicted octanol–water partition coefficient (Wildman–Crippen LogP) is 6.36. The van der Waals surface area contributed by atoms with E-state index in [1.165, 1.54) is 12.1 Å². The first-order chi connectivity index (χ1) is 12.7. The van der Waals surface area contributed by atoms with Gasteiger partial charge in [0.15, 0.2) is 0 Å². The topological polar surface area (TPSA) is 12.9 Å². The molecule has 1 heterocycles. The van der Waals surface area contributed by atoms with Crippen molar-refractivity contribution in [3.8, 4) is 33.5 Å². The van der Waals surface area contributed by atoms with Gasteiger partial charge in [0.2, 0.25) is 0 Å². The van der Waals surface area contributed by atoms with Gasteiger partial charge in [0.1, 0.15) is 11.6 Å². The fourth-order valence-corrected chi connectivity index (χ4v) is 3.02. The average Bonchev–Trinajstić information content (AvgIpc) is 2.69. The second kappa shape index (κ2) is 6.89. The van der Waals surface area contributed by atoms with E-state index in [1.807, 2.05) is 30.3 Å². The molecule has 0 aliphatic carbocycles. The molecule has 4 rings (SSSR count). The monoisotopic (exact) mass is 343 g/mol. The maximum atomic E-state index is 14.5. The van der Waals surface area contributed by atoms with Gasteiger partial charge in [-0.3, -0.25) is 4.98 Å². The van der Waals surface area contributed by atoms with E-state index >= 15 is 0 Å². The van der Waals surface area contributed by atoms with Gasteiger partial charge in [0, 0.05) is 34.0 Å². The van der Waals surface area contributed by atoms with Crippen LogP contribution in [0.3, 0.4) is 0 Å². The molecule has 3 aromatic carbocycles. The lowest BCUT2D eigenvalue weighted by atomic mass is 9.95. The number of halogens is 2. The largest absolute Gasteiger partial charge is 0.255 e. The summed E-state index contributed by atoms with van der Waals surface area (Å²) >= 11 is 0. The molecule has 26 heavy (non-hydrogen) atoms. The summed E-state index contributed by atoms with van der Waals surface area (Å²) in [6, 6.07) is 24.5. The molecule has 4 aromatic rings. The normalized spacial score (nSPS) is 10.7. The summed E-state index contributed by atoms with van der Waals surface area (Å²) in [7, 11) is 0. The molecule has 0 unspecified atom stereocenters. The zero-order valence-corrected chi connectivity index (χ0v) is 13.9. The molecule has 126 valence electrons. The van der Waals surface area contributed by atoms with Crippen LogP contribution in [0.1, 0.15) is 0 Å². The molecule has 0 bridgehead atoms. The highest BCUT2D eigenvalue weighted by atomic mass is 19.1. The van der Waals surface area contributed by atoms with Crippen molar-refractivity contribution in [2.45, 2.75) is 0 Å². The fraction of sp³-hybridized carbons (Fsp3) is 0. The molecule has 0 amide bonds. The molecule has 1 aromatic heterocycles. The highest BCUT2D eigenvalue weighted by molar-refractivity contribution is 5.84. The van der Waals surface area contributed by atoms with Crippen molar-refractivity contribution in [1.82, 2.24) is 4.98 Å². The molecule has 1 nitrogen and oxygen atoms in total. The summed E-state index contributed by atoms with van der Waals surface area (Å²) < 4.78 is 28.7. The number of nitrogens with zero attached hydrogens (tertiary/aromatic N) is 1. The number of benzene rings is 3. The number of rotatable bonds is 3. The van der Waals surface area contributed by atoms with E-state index in [9.17, 15) is 8.78 Å². The Bertz CT molecular complexity index is 1060. The van der Waals surface area contributed by atoms with Gasteiger partial charge < -0.3 is 0 Å². The third-order valence-corrected chi connectivity index (χ3v) is 4.28. The molecule has 0 N–H and O–H groups in total. The molecule has 3 heteroatoms. The Labute approximate surface area is 150 Å². The number of pyridine rings is 1. The number of hydrogen-bond donors (Lipinski definition) is 0. The van der Waals surface area contributed by atoms with E-state index in [0.29, 0.717) is 27.9 Å². The Balaban J connectivity index is 1.97. The molecule has 0 spiro atoms. The lowest BCUT2D eigenvalue weighted by Gasteiger charge is -2.13. The Hall–Kier alpha value is -3.33. The Morgan fingerprint density at radius 1 is 0.538 bits per heavy atom. The summed E-state index contributed by atoms with van der Waals surface area (Å²) in [5, 5.41) is 0. The van der Waals surface area contributed by atoms with Crippen molar-refractivity contribution in [3.63, 3.8) is 0 Å².